The van der Waals surface area contributed by atoms with E-state index in [-0.39, 0.29) is 11.8 Å². The molecule has 4 heteroatoms. The molecule has 1 N–H and O–H groups in total. The van der Waals surface area contributed by atoms with E-state index in [0.717, 1.165) is 18.6 Å². The van der Waals surface area contributed by atoms with Crippen LogP contribution in [-0.4, -0.2) is 11.2 Å². The van der Waals surface area contributed by atoms with Crippen LogP contribution in [0.5, 0.6) is 0 Å². The van der Waals surface area contributed by atoms with Crippen molar-refractivity contribution in [3.05, 3.63) is 35.1 Å². The lowest BCUT2D eigenvalue weighted by Gasteiger charge is -2.41. The number of hydrogen-bond donors (Lipinski definition) is 1. The molecule has 3 unspecified atom stereocenters. The molecule has 1 nitrogen and oxygen atoms in total. The lowest BCUT2D eigenvalue weighted by molar-refractivity contribution is -0.000965. The molecule has 0 bridgehead atoms. The van der Waals surface area contributed by atoms with E-state index < -0.39 is 23.6 Å². The molecular formula is C12H13F3O. The van der Waals surface area contributed by atoms with Crippen molar-refractivity contribution in [2.75, 3.05) is 0 Å². The minimum absolute atomic E-state index is 0.0178. The van der Waals surface area contributed by atoms with Gasteiger partial charge in [0.1, 0.15) is 0 Å². The molecule has 1 aromatic rings. The first-order chi connectivity index (χ1) is 7.54. The summed E-state index contributed by atoms with van der Waals surface area (Å²) < 4.78 is 38.8. The number of aliphatic hydroxyl groups is 1. The molecule has 0 aliphatic heterocycles. The Kier molecular flexibility index (Phi) is 2.93. The Morgan fingerprint density at radius 1 is 1.25 bits per heavy atom. The van der Waals surface area contributed by atoms with E-state index in [4.69, 9.17) is 0 Å². The zero-order valence-electron chi connectivity index (χ0n) is 8.88. The van der Waals surface area contributed by atoms with Crippen LogP contribution in [-0.2, 0) is 0 Å². The van der Waals surface area contributed by atoms with Crippen molar-refractivity contribution in [2.45, 2.75) is 31.8 Å². The molecule has 3 atom stereocenters. The Hall–Kier alpha value is -1.03. The number of aliphatic hydroxyl groups excluding tert-OH is 1. The van der Waals surface area contributed by atoms with Gasteiger partial charge in [-0.15, -0.1) is 0 Å². The molecule has 88 valence electrons. The van der Waals surface area contributed by atoms with Gasteiger partial charge in [0.15, 0.2) is 17.5 Å². The van der Waals surface area contributed by atoms with E-state index in [1.807, 2.05) is 6.92 Å². The summed E-state index contributed by atoms with van der Waals surface area (Å²) >= 11 is 0. The van der Waals surface area contributed by atoms with Crippen molar-refractivity contribution in [2.24, 2.45) is 5.92 Å². The highest BCUT2D eigenvalue weighted by Gasteiger charge is 2.39. The van der Waals surface area contributed by atoms with Crippen LogP contribution in [0.15, 0.2) is 12.1 Å². The van der Waals surface area contributed by atoms with Crippen LogP contribution >= 0.6 is 0 Å². The van der Waals surface area contributed by atoms with Crippen LogP contribution in [0.3, 0.4) is 0 Å². The fraction of sp³-hybridized carbons (Fsp3) is 0.500. The van der Waals surface area contributed by atoms with Crippen LogP contribution in [0.2, 0.25) is 0 Å². The number of benzene rings is 1. The Bertz CT molecular complexity index is 382. The van der Waals surface area contributed by atoms with Crippen molar-refractivity contribution >= 4 is 0 Å². The van der Waals surface area contributed by atoms with Gasteiger partial charge in [-0.1, -0.05) is 13.3 Å². The maximum Gasteiger partial charge on any atom is 0.194 e. The van der Waals surface area contributed by atoms with E-state index in [9.17, 15) is 18.3 Å². The van der Waals surface area contributed by atoms with Crippen LogP contribution in [0.4, 0.5) is 13.2 Å². The van der Waals surface area contributed by atoms with Crippen molar-refractivity contribution in [1.29, 1.82) is 0 Å². The van der Waals surface area contributed by atoms with Gasteiger partial charge in [-0.25, -0.2) is 13.2 Å². The molecule has 0 radical (unpaired) electrons. The number of rotatable bonds is 2. The van der Waals surface area contributed by atoms with E-state index in [0.29, 0.717) is 12.0 Å². The normalized spacial score (nSPS) is 28.9. The van der Waals surface area contributed by atoms with Gasteiger partial charge in [0.05, 0.1) is 6.10 Å². The van der Waals surface area contributed by atoms with Crippen LogP contribution in [0.1, 0.15) is 31.2 Å². The minimum atomic E-state index is -1.43. The van der Waals surface area contributed by atoms with Crippen LogP contribution < -0.4 is 0 Å². The lowest BCUT2D eigenvalue weighted by atomic mass is 9.66. The monoisotopic (exact) mass is 230 g/mol. The zero-order valence-corrected chi connectivity index (χ0v) is 8.88. The third-order valence-electron chi connectivity index (χ3n) is 3.41. The molecule has 2 rings (SSSR count). The van der Waals surface area contributed by atoms with E-state index in [1.165, 1.54) is 0 Å². The van der Waals surface area contributed by atoms with Crippen molar-refractivity contribution in [1.82, 2.24) is 0 Å². The molecule has 1 fully saturated rings. The summed E-state index contributed by atoms with van der Waals surface area (Å²) in [6.07, 6.45) is 0.821. The van der Waals surface area contributed by atoms with Gasteiger partial charge < -0.3 is 5.11 Å². The largest absolute Gasteiger partial charge is 0.393 e. The fourth-order valence-corrected chi connectivity index (χ4v) is 2.41. The van der Waals surface area contributed by atoms with E-state index >= 15 is 0 Å². The first-order valence-electron chi connectivity index (χ1n) is 5.37. The Morgan fingerprint density at radius 2 is 1.81 bits per heavy atom. The third-order valence-corrected chi connectivity index (χ3v) is 3.41. The van der Waals surface area contributed by atoms with Gasteiger partial charge in [0.2, 0.25) is 0 Å². The van der Waals surface area contributed by atoms with Crippen molar-refractivity contribution in [3.8, 4) is 0 Å². The summed E-state index contributed by atoms with van der Waals surface area (Å²) in [6, 6.07) is 2.05. The number of halogens is 3. The molecular weight excluding hydrogens is 217 g/mol. The van der Waals surface area contributed by atoms with Crippen LogP contribution in [0, 0.1) is 23.4 Å². The lowest BCUT2D eigenvalue weighted by Crippen LogP contribution is -2.39. The van der Waals surface area contributed by atoms with Gasteiger partial charge in [-0.05, 0) is 36.0 Å². The zero-order chi connectivity index (χ0) is 11.9. The second kappa shape index (κ2) is 4.09. The molecule has 1 aromatic carbocycles. The second-order valence-corrected chi connectivity index (χ2v) is 4.28. The predicted molar refractivity (Wildman–Crippen MR) is 53.5 cm³/mol. The molecule has 16 heavy (non-hydrogen) atoms. The Morgan fingerprint density at radius 3 is 2.25 bits per heavy atom. The predicted octanol–water partition coefficient (Wildman–Crippen LogP) is 2.98. The van der Waals surface area contributed by atoms with Gasteiger partial charge in [-0.3, -0.25) is 0 Å². The maximum absolute atomic E-state index is 13.0. The smallest absolute Gasteiger partial charge is 0.194 e. The van der Waals surface area contributed by atoms with Crippen molar-refractivity contribution in [3.63, 3.8) is 0 Å². The summed E-state index contributed by atoms with van der Waals surface area (Å²) in [5, 5.41) is 9.47. The average molecular weight is 230 g/mol. The summed E-state index contributed by atoms with van der Waals surface area (Å²) in [6.45, 7) is 1.91. The summed E-state index contributed by atoms with van der Waals surface area (Å²) in [7, 11) is 0. The summed E-state index contributed by atoms with van der Waals surface area (Å²) in [5.41, 5.74) is 0.438. The first-order valence-corrected chi connectivity index (χ1v) is 5.37. The highest BCUT2D eigenvalue weighted by molar-refractivity contribution is 5.26. The molecule has 1 aliphatic rings. The highest BCUT2D eigenvalue weighted by Crippen LogP contribution is 2.44. The molecule has 0 amide bonds. The third kappa shape index (κ3) is 1.71. The maximum atomic E-state index is 13.0. The summed E-state index contributed by atoms with van der Waals surface area (Å²) in [5.74, 6) is -3.80. The van der Waals surface area contributed by atoms with Gasteiger partial charge in [-0.2, -0.15) is 0 Å². The van der Waals surface area contributed by atoms with E-state index in [1.54, 1.807) is 0 Å². The van der Waals surface area contributed by atoms with Gasteiger partial charge >= 0.3 is 0 Å². The Labute approximate surface area is 91.9 Å². The molecule has 1 aliphatic carbocycles. The molecule has 0 spiro atoms. The van der Waals surface area contributed by atoms with E-state index in [2.05, 4.69) is 0 Å². The minimum Gasteiger partial charge on any atom is -0.393 e. The second-order valence-electron chi connectivity index (χ2n) is 4.28. The molecule has 0 saturated heterocycles. The van der Waals surface area contributed by atoms with Gasteiger partial charge in [0.25, 0.3) is 0 Å². The summed E-state index contributed by atoms with van der Waals surface area (Å²) in [4.78, 5) is 0. The number of hydrogen-bond acceptors (Lipinski definition) is 1. The first kappa shape index (κ1) is 11.5. The topological polar surface area (TPSA) is 20.2 Å². The van der Waals surface area contributed by atoms with Gasteiger partial charge in [0, 0.05) is 0 Å². The molecule has 1 saturated carbocycles. The highest BCUT2D eigenvalue weighted by atomic mass is 19.2. The molecule has 0 heterocycles. The quantitative estimate of drug-likeness (QED) is 0.774. The fourth-order valence-electron chi connectivity index (χ4n) is 2.41. The SMILES string of the molecule is CCC1C(O)CC1c1cc(F)c(F)c(F)c1. The average Bonchev–Trinajstić information content (AvgIpc) is 2.22. The van der Waals surface area contributed by atoms with Crippen molar-refractivity contribution < 1.29 is 18.3 Å². The standard InChI is InChI=1S/C12H13F3O/c1-2-7-8(5-11(7)16)6-3-9(13)12(15)10(14)4-6/h3-4,7-8,11,16H,2,5H2,1H3. The molecule has 0 aromatic heterocycles. The van der Waals surface area contributed by atoms with Crippen LogP contribution in [0.25, 0.3) is 0 Å². The Balaban J connectivity index is 2.29.